The number of nitrogens with zero attached hydrogens (tertiary/aromatic N) is 1. The summed E-state index contributed by atoms with van der Waals surface area (Å²) >= 11 is 0. The van der Waals surface area contributed by atoms with Gasteiger partial charge in [0.15, 0.2) is 0 Å². The second-order valence-corrected chi connectivity index (χ2v) is 7.68. The van der Waals surface area contributed by atoms with Crippen LogP contribution in [0.3, 0.4) is 0 Å². The molecule has 2 rings (SSSR count). The fourth-order valence-corrected chi connectivity index (χ4v) is 3.54. The number of halogens is 1. The molecule has 2 aromatic carbocycles. The Labute approximate surface area is 153 Å². The van der Waals surface area contributed by atoms with Crippen molar-refractivity contribution in [3.63, 3.8) is 0 Å². The average Bonchev–Trinajstić information content (AvgIpc) is 2.60. The van der Waals surface area contributed by atoms with E-state index in [0.29, 0.717) is 5.69 Å². The van der Waals surface area contributed by atoms with E-state index in [1.807, 2.05) is 31.1 Å². The summed E-state index contributed by atoms with van der Waals surface area (Å²) in [7, 11) is -0.112. The van der Waals surface area contributed by atoms with Gasteiger partial charge in [-0.15, -0.1) is 0 Å². The van der Waals surface area contributed by atoms with Crippen LogP contribution in [0.25, 0.3) is 0 Å². The molecule has 0 saturated carbocycles. The summed E-state index contributed by atoms with van der Waals surface area (Å²) in [6.07, 6.45) is 0.266. The fourth-order valence-electron chi connectivity index (χ4n) is 2.26. The maximum Gasteiger partial charge on any atom is 0.242 e. The largest absolute Gasteiger partial charge is 0.378 e. The number of rotatable bonds is 7. The SMILES string of the molecule is CCC(NS(=O)(=O)c1ccc(F)cc1)C(=O)Nc1ccc(N(C)C)cc1. The Morgan fingerprint density at radius 3 is 2.15 bits per heavy atom. The van der Waals surface area contributed by atoms with E-state index >= 15 is 0 Å². The number of sulfonamides is 1. The Balaban J connectivity index is 2.09. The van der Waals surface area contributed by atoms with Crippen molar-refractivity contribution in [2.75, 3.05) is 24.3 Å². The van der Waals surface area contributed by atoms with Gasteiger partial charge in [-0.05, 0) is 55.0 Å². The summed E-state index contributed by atoms with van der Waals surface area (Å²) < 4.78 is 40.1. The number of benzene rings is 2. The van der Waals surface area contributed by atoms with Crippen LogP contribution in [0.1, 0.15) is 13.3 Å². The lowest BCUT2D eigenvalue weighted by molar-refractivity contribution is -0.117. The molecule has 0 aromatic heterocycles. The first kappa shape index (κ1) is 19.9. The van der Waals surface area contributed by atoms with E-state index in [2.05, 4.69) is 10.0 Å². The van der Waals surface area contributed by atoms with Crippen molar-refractivity contribution < 1.29 is 17.6 Å². The van der Waals surface area contributed by atoms with Crippen LogP contribution in [0.15, 0.2) is 53.4 Å². The van der Waals surface area contributed by atoms with Gasteiger partial charge in [-0.2, -0.15) is 4.72 Å². The summed E-state index contributed by atoms with van der Waals surface area (Å²) in [4.78, 5) is 14.2. The highest BCUT2D eigenvalue weighted by molar-refractivity contribution is 7.89. The molecule has 8 heteroatoms. The lowest BCUT2D eigenvalue weighted by atomic mass is 10.2. The Morgan fingerprint density at radius 1 is 1.08 bits per heavy atom. The van der Waals surface area contributed by atoms with E-state index in [0.717, 1.165) is 30.0 Å². The van der Waals surface area contributed by atoms with Crippen molar-refractivity contribution in [1.29, 1.82) is 0 Å². The fraction of sp³-hybridized carbons (Fsp3) is 0.278. The highest BCUT2D eigenvalue weighted by Crippen LogP contribution is 2.16. The molecule has 0 aliphatic heterocycles. The predicted molar refractivity (Wildman–Crippen MR) is 100 cm³/mol. The Hall–Kier alpha value is -2.45. The molecule has 6 nitrogen and oxygen atoms in total. The normalized spacial score (nSPS) is 12.5. The van der Waals surface area contributed by atoms with Gasteiger partial charge < -0.3 is 10.2 Å². The monoisotopic (exact) mass is 379 g/mol. The third kappa shape index (κ3) is 5.03. The first-order chi connectivity index (χ1) is 12.2. The lowest BCUT2D eigenvalue weighted by Crippen LogP contribution is -2.43. The topological polar surface area (TPSA) is 78.5 Å². The highest BCUT2D eigenvalue weighted by Gasteiger charge is 2.24. The maximum absolute atomic E-state index is 13.0. The second-order valence-electron chi connectivity index (χ2n) is 5.97. The molecule has 0 aliphatic carbocycles. The molecule has 2 N–H and O–H groups in total. The second kappa shape index (κ2) is 8.29. The van der Waals surface area contributed by atoms with E-state index in [1.54, 1.807) is 19.1 Å². The molecule has 140 valence electrons. The zero-order valence-corrected chi connectivity index (χ0v) is 15.7. The molecule has 1 atom stereocenters. The molecule has 0 heterocycles. The Kier molecular flexibility index (Phi) is 6.33. The van der Waals surface area contributed by atoms with Crippen LogP contribution in [-0.2, 0) is 14.8 Å². The van der Waals surface area contributed by atoms with Crippen molar-refractivity contribution in [3.8, 4) is 0 Å². The van der Waals surface area contributed by atoms with Gasteiger partial charge >= 0.3 is 0 Å². The van der Waals surface area contributed by atoms with Gasteiger partial charge in [-0.3, -0.25) is 4.79 Å². The zero-order chi connectivity index (χ0) is 19.3. The van der Waals surface area contributed by atoms with Gasteiger partial charge in [-0.25, -0.2) is 12.8 Å². The summed E-state index contributed by atoms with van der Waals surface area (Å²) in [5, 5.41) is 2.70. The van der Waals surface area contributed by atoms with Crippen molar-refractivity contribution in [2.45, 2.75) is 24.3 Å². The minimum atomic E-state index is -3.93. The molecular formula is C18H22FN3O3S. The van der Waals surface area contributed by atoms with Gasteiger partial charge in [0.1, 0.15) is 11.9 Å². The minimum Gasteiger partial charge on any atom is -0.378 e. The van der Waals surface area contributed by atoms with E-state index in [9.17, 15) is 17.6 Å². The third-order valence-electron chi connectivity index (χ3n) is 3.80. The summed E-state index contributed by atoms with van der Waals surface area (Å²) in [6, 6.07) is 10.7. The molecular weight excluding hydrogens is 357 g/mol. The van der Waals surface area contributed by atoms with Crippen LogP contribution in [0.5, 0.6) is 0 Å². The molecule has 0 spiro atoms. The number of nitrogens with one attached hydrogen (secondary N) is 2. The standard InChI is InChI=1S/C18H22FN3O3S/c1-4-17(21-26(24,25)16-11-5-13(19)6-12-16)18(23)20-14-7-9-15(10-8-14)22(2)3/h5-12,17,21H,4H2,1-3H3,(H,20,23). The molecule has 0 aliphatic rings. The van der Waals surface area contributed by atoms with E-state index in [1.165, 1.54) is 0 Å². The molecule has 0 fully saturated rings. The van der Waals surface area contributed by atoms with Gasteiger partial charge in [0.2, 0.25) is 15.9 Å². The van der Waals surface area contributed by atoms with Crippen molar-refractivity contribution in [1.82, 2.24) is 4.72 Å². The smallest absolute Gasteiger partial charge is 0.242 e. The maximum atomic E-state index is 13.0. The summed E-state index contributed by atoms with van der Waals surface area (Å²) in [6.45, 7) is 1.70. The number of hydrogen-bond donors (Lipinski definition) is 2. The molecule has 1 unspecified atom stereocenters. The molecule has 0 bridgehead atoms. The Bertz CT molecular complexity index is 850. The first-order valence-electron chi connectivity index (χ1n) is 8.09. The van der Waals surface area contributed by atoms with Crippen LogP contribution in [0, 0.1) is 5.82 Å². The van der Waals surface area contributed by atoms with Crippen LogP contribution >= 0.6 is 0 Å². The molecule has 26 heavy (non-hydrogen) atoms. The van der Waals surface area contributed by atoms with E-state index in [4.69, 9.17) is 0 Å². The number of carbonyl (C=O) groups is 1. The minimum absolute atomic E-state index is 0.0968. The average molecular weight is 379 g/mol. The third-order valence-corrected chi connectivity index (χ3v) is 5.28. The zero-order valence-electron chi connectivity index (χ0n) is 14.9. The summed E-state index contributed by atoms with van der Waals surface area (Å²) in [5.41, 5.74) is 1.55. The molecule has 0 saturated heterocycles. The highest BCUT2D eigenvalue weighted by atomic mass is 32.2. The Morgan fingerprint density at radius 2 is 1.65 bits per heavy atom. The molecule has 0 radical (unpaired) electrons. The van der Waals surface area contributed by atoms with E-state index < -0.39 is 27.8 Å². The van der Waals surface area contributed by atoms with Crippen molar-refractivity contribution in [3.05, 3.63) is 54.3 Å². The first-order valence-corrected chi connectivity index (χ1v) is 9.57. The lowest BCUT2D eigenvalue weighted by Gasteiger charge is -2.18. The van der Waals surface area contributed by atoms with Gasteiger partial charge in [0.25, 0.3) is 0 Å². The number of anilines is 2. The number of hydrogen-bond acceptors (Lipinski definition) is 4. The van der Waals surface area contributed by atoms with Crippen molar-refractivity contribution >= 4 is 27.3 Å². The van der Waals surface area contributed by atoms with Crippen LogP contribution in [0.2, 0.25) is 0 Å². The summed E-state index contributed by atoms with van der Waals surface area (Å²) in [5.74, 6) is -0.995. The van der Waals surface area contributed by atoms with E-state index in [-0.39, 0.29) is 11.3 Å². The molecule has 2 aromatic rings. The van der Waals surface area contributed by atoms with Crippen LogP contribution in [-0.4, -0.2) is 34.5 Å². The predicted octanol–water partition coefficient (Wildman–Crippen LogP) is 2.59. The quantitative estimate of drug-likeness (QED) is 0.775. The van der Waals surface area contributed by atoms with Gasteiger partial charge in [-0.1, -0.05) is 6.92 Å². The van der Waals surface area contributed by atoms with Crippen molar-refractivity contribution in [2.24, 2.45) is 0 Å². The number of amides is 1. The van der Waals surface area contributed by atoms with Gasteiger partial charge in [0.05, 0.1) is 4.90 Å². The van der Waals surface area contributed by atoms with Gasteiger partial charge in [0, 0.05) is 25.5 Å². The van der Waals surface area contributed by atoms with Crippen LogP contribution in [0.4, 0.5) is 15.8 Å². The number of carbonyl (C=O) groups excluding carboxylic acids is 1. The molecule has 1 amide bonds. The van der Waals surface area contributed by atoms with Crippen LogP contribution < -0.4 is 14.9 Å².